The fourth-order valence-electron chi connectivity index (χ4n) is 11.3. The van der Waals surface area contributed by atoms with Crippen LogP contribution in [0.2, 0.25) is 0 Å². The number of nitrogens with one attached hydrogen (secondary N) is 4. The Hall–Kier alpha value is -6.18. The number of H-pyrrole nitrogens is 2. The molecule has 342 valence electrons. The van der Waals surface area contributed by atoms with E-state index in [-0.39, 0.29) is 47.7 Å². The van der Waals surface area contributed by atoms with Gasteiger partial charge >= 0.3 is 12.2 Å². The summed E-state index contributed by atoms with van der Waals surface area (Å²) in [6.07, 6.45) is 6.58. The number of ether oxygens (including phenoxy) is 2. The molecule has 2 aliphatic heterocycles. The van der Waals surface area contributed by atoms with E-state index in [1.54, 1.807) is 0 Å². The Morgan fingerprint density at radius 1 is 0.692 bits per heavy atom. The fourth-order valence-corrected chi connectivity index (χ4v) is 11.3. The summed E-state index contributed by atoms with van der Waals surface area (Å²) in [6, 6.07) is 17.9. The molecule has 2 unspecified atom stereocenters. The molecular formula is C51H62N8O6. The van der Waals surface area contributed by atoms with Crippen LogP contribution in [0.25, 0.3) is 44.5 Å². The molecule has 14 heteroatoms. The molecule has 2 aromatic heterocycles. The number of carbonyl (C=O) groups is 4. The predicted octanol–water partition coefficient (Wildman–Crippen LogP) is 9.37. The van der Waals surface area contributed by atoms with Crippen molar-refractivity contribution in [1.29, 1.82) is 0 Å². The summed E-state index contributed by atoms with van der Waals surface area (Å²) in [5.41, 5.74) is 11.5. The largest absolute Gasteiger partial charge is 0.453 e. The van der Waals surface area contributed by atoms with Crippen LogP contribution >= 0.6 is 0 Å². The van der Waals surface area contributed by atoms with Gasteiger partial charge in [0.1, 0.15) is 23.7 Å². The van der Waals surface area contributed by atoms with E-state index in [2.05, 4.69) is 82.1 Å². The Balaban J connectivity index is 0.960. The van der Waals surface area contributed by atoms with E-state index in [4.69, 9.17) is 19.4 Å². The third kappa shape index (κ3) is 8.13. The van der Waals surface area contributed by atoms with Gasteiger partial charge in [0.2, 0.25) is 11.8 Å². The molecule has 0 radical (unpaired) electrons. The first-order chi connectivity index (χ1) is 31.2. The van der Waals surface area contributed by atoms with Gasteiger partial charge in [-0.15, -0.1) is 0 Å². The monoisotopic (exact) mass is 882 g/mol. The zero-order chi connectivity index (χ0) is 45.8. The molecular weight excluding hydrogens is 821 g/mol. The number of alkyl carbamates (subject to hydrolysis) is 2. The Labute approximate surface area is 380 Å². The molecule has 4 heterocycles. The van der Waals surface area contributed by atoms with Crippen molar-refractivity contribution < 1.29 is 28.7 Å². The molecule has 2 saturated heterocycles. The lowest BCUT2D eigenvalue weighted by atomic mass is 9.81. The van der Waals surface area contributed by atoms with Crippen molar-refractivity contribution in [2.75, 3.05) is 20.8 Å². The van der Waals surface area contributed by atoms with Crippen molar-refractivity contribution in [1.82, 2.24) is 40.4 Å². The number of nitrogens with zero attached hydrogens (tertiary/aromatic N) is 4. The normalized spacial score (nSPS) is 23.3. The van der Waals surface area contributed by atoms with Crippen LogP contribution in [0.1, 0.15) is 127 Å². The summed E-state index contributed by atoms with van der Waals surface area (Å²) >= 11 is 0. The number of methoxy groups -OCH3 is 2. The Morgan fingerprint density at radius 3 is 1.92 bits per heavy atom. The molecule has 9 rings (SSSR count). The van der Waals surface area contributed by atoms with Crippen molar-refractivity contribution in [2.24, 2.45) is 17.8 Å². The number of carbonyl (C=O) groups excluding carboxylic acids is 4. The number of fused-ring (bicyclic) bond motifs is 6. The van der Waals surface area contributed by atoms with Gasteiger partial charge in [0.05, 0.1) is 49.2 Å². The molecule has 2 aliphatic carbocycles. The van der Waals surface area contributed by atoms with E-state index in [1.807, 2.05) is 50.6 Å². The first-order valence-corrected chi connectivity index (χ1v) is 23.4. The molecule has 4 N–H and O–H groups in total. The maximum atomic E-state index is 13.9. The van der Waals surface area contributed by atoms with Crippen molar-refractivity contribution in [3.05, 3.63) is 83.6 Å². The summed E-state index contributed by atoms with van der Waals surface area (Å²) in [6.45, 7) is 12.5. The Kier molecular flexibility index (Phi) is 12.0. The quantitative estimate of drug-likeness (QED) is 0.102. The molecule has 4 amide bonds. The number of amides is 4. The number of benzene rings is 3. The average Bonchev–Trinajstić information content (AvgIpc) is 4.17. The van der Waals surface area contributed by atoms with Crippen LogP contribution in [-0.4, -0.2) is 92.6 Å². The second-order valence-electron chi connectivity index (χ2n) is 19.6. The van der Waals surface area contributed by atoms with Gasteiger partial charge in [-0.3, -0.25) is 9.59 Å². The van der Waals surface area contributed by atoms with Crippen LogP contribution in [0.3, 0.4) is 0 Å². The molecule has 3 aromatic carbocycles. The second kappa shape index (κ2) is 17.7. The lowest BCUT2D eigenvalue weighted by Gasteiger charge is -2.32. The summed E-state index contributed by atoms with van der Waals surface area (Å²) in [5.74, 6) is 2.35. The van der Waals surface area contributed by atoms with Gasteiger partial charge < -0.3 is 39.9 Å². The molecule has 0 spiro atoms. The summed E-state index contributed by atoms with van der Waals surface area (Å²) in [7, 11) is 2.61. The minimum absolute atomic E-state index is 0.00383. The highest BCUT2D eigenvalue weighted by Crippen LogP contribution is 2.58. The van der Waals surface area contributed by atoms with Crippen molar-refractivity contribution in [2.45, 2.75) is 122 Å². The molecule has 3 fully saturated rings. The van der Waals surface area contributed by atoms with Crippen LogP contribution in [0.15, 0.2) is 60.8 Å². The number of aromatic amines is 2. The molecule has 14 nitrogen and oxygen atoms in total. The minimum Gasteiger partial charge on any atom is -0.453 e. The zero-order valence-electron chi connectivity index (χ0n) is 38.7. The highest BCUT2D eigenvalue weighted by atomic mass is 16.5. The molecule has 2 bridgehead atoms. The van der Waals surface area contributed by atoms with E-state index >= 15 is 0 Å². The maximum absolute atomic E-state index is 13.9. The topological polar surface area (TPSA) is 175 Å². The summed E-state index contributed by atoms with van der Waals surface area (Å²) in [4.78, 5) is 72.9. The highest BCUT2D eigenvalue weighted by Gasteiger charge is 2.43. The summed E-state index contributed by atoms with van der Waals surface area (Å²) < 4.78 is 9.66. The number of likely N-dealkylation sites (tertiary alicyclic amines) is 2. The fraction of sp³-hybridized carbons (Fsp3) is 0.490. The zero-order valence-corrected chi connectivity index (χ0v) is 38.7. The Bertz CT molecular complexity index is 2620. The average molecular weight is 883 g/mol. The van der Waals surface area contributed by atoms with Gasteiger partial charge in [-0.1, -0.05) is 77.1 Å². The van der Waals surface area contributed by atoms with Crippen molar-refractivity contribution in [3.8, 4) is 33.5 Å². The summed E-state index contributed by atoms with van der Waals surface area (Å²) in [5, 5.41) is 5.50. The third-order valence-corrected chi connectivity index (χ3v) is 14.6. The van der Waals surface area contributed by atoms with E-state index in [9.17, 15) is 19.2 Å². The number of imidazole rings is 2. The Morgan fingerprint density at radius 2 is 1.29 bits per heavy atom. The molecule has 4 aliphatic rings. The van der Waals surface area contributed by atoms with Crippen molar-refractivity contribution >= 4 is 35.0 Å². The van der Waals surface area contributed by atoms with Crippen LogP contribution in [0.5, 0.6) is 0 Å². The van der Waals surface area contributed by atoms with E-state index in [1.165, 1.54) is 61.3 Å². The van der Waals surface area contributed by atoms with Crippen LogP contribution < -0.4 is 10.6 Å². The number of hydrogen-bond donors (Lipinski definition) is 4. The van der Waals surface area contributed by atoms with Crippen LogP contribution in [-0.2, 0) is 19.1 Å². The van der Waals surface area contributed by atoms with E-state index in [0.717, 1.165) is 58.8 Å². The minimum atomic E-state index is -0.702. The molecule has 5 aromatic rings. The number of hydrogen-bond acceptors (Lipinski definition) is 8. The highest BCUT2D eigenvalue weighted by molar-refractivity contribution is 5.89. The van der Waals surface area contributed by atoms with Gasteiger partial charge in [0, 0.05) is 12.6 Å². The van der Waals surface area contributed by atoms with Gasteiger partial charge in [0.25, 0.3) is 0 Å². The molecule has 8 atom stereocenters. The van der Waals surface area contributed by atoms with E-state index in [0.29, 0.717) is 18.4 Å². The van der Waals surface area contributed by atoms with Gasteiger partial charge in [-0.2, -0.15) is 0 Å². The predicted molar refractivity (Wildman–Crippen MR) is 249 cm³/mol. The van der Waals surface area contributed by atoms with Crippen molar-refractivity contribution in [3.63, 3.8) is 0 Å². The SMILES string of the molecule is COC(=O)N[C@H](C(=O)N1C[C@@H](C)C[C@H]1c1nc2ccc(-c3ccc(-c4ccc(-c5cnc([C@@H]6CC[C@H](C)N6C(=O)[C@@H](NC(=O)OC)C(C)C)[nH]5)cc4)c4c3C3CCC4C3)cc2[nH]1)C(C)C. The third-order valence-electron chi connectivity index (χ3n) is 14.6. The number of aromatic nitrogens is 4. The standard InChI is InChI=1S/C51H62N8O6/c1-26(2)44(56-50(62)64-7)48(60)58-25-28(5)21-41(58)47-53-37-19-16-32(23-38(37)54-47)36-18-17-35(42-33-14-15-34(22-33)43(36)42)30-10-12-31(13-11-30)39-24-52-46(55-39)40-20-9-29(6)59(40)49(61)45(27(3)4)57-51(63)65-8/h10-13,16-19,23-24,26-29,33-34,40-41,44-45H,9,14-15,20-22,25H2,1-8H3,(H,52,55)(H,53,54)(H,56,62)(H,57,63)/t28-,29-,33?,34?,40-,41-,44-,45-/m0/s1. The van der Waals surface area contributed by atoms with Gasteiger partial charge in [-0.25, -0.2) is 19.6 Å². The maximum Gasteiger partial charge on any atom is 0.407 e. The van der Waals surface area contributed by atoms with Gasteiger partial charge in [-0.05, 0) is 126 Å². The second-order valence-corrected chi connectivity index (χ2v) is 19.6. The van der Waals surface area contributed by atoms with Crippen LogP contribution in [0, 0.1) is 17.8 Å². The lowest BCUT2D eigenvalue weighted by molar-refractivity contribution is -0.137. The first-order valence-electron chi connectivity index (χ1n) is 23.4. The lowest BCUT2D eigenvalue weighted by Crippen LogP contribution is -2.52. The number of rotatable bonds is 11. The first kappa shape index (κ1) is 44.0. The smallest absolute Gasteiger partial charge is 0.407 e. The van der Waals surface area contributed by atoms with Crippen LogP contribution in [0.4, 0.5) is 9.59 Å². The molecule has 65 heavy (non-hydrogen) atoms. The molecule has 1 saturated carbocycles. The van der Waals surface area contributed by atoms with E-state index < -0.39 is 24.3 Å². The van der Waals surface area contributed by atoms with Gasteiger partial charge in [0.15, 0.2) is 0 Å².